The zero-order valence-corrected chi connectivity index (χ0v) is 13.2. The van der Waals surface area contributed by atoms with Gasteiger partial charge in [-0.3, -0.25) is 9.69 Å². The maximum atomic E-state index is 12.3. The van der Waals surface area contributed by atoms with Crippen LogP contribution < -0.4 is 5.32 Å². The monoisotopic (exact) mass is 289 g/mol. The Morgan fingerprint density at radius 3 is 2.86 bits per heavy atom. The molecule has 1 heterocycles. The third kappa shape index (κ3) is 5.14. The van der Waals surface area contributed by atoms with Crippen molar-refractivity contribution >= 4 is 5.91 Å². The normalized spacial score (nSPS) is 19.4. The maximum Gasteiger partial charge on any atom is 0.236 e. The zero-order chi connectivity index (χ0) is 15.1. The summed E-state index contributed by atoms with van der Waals surface area (Å²) >= 11 is 0. The maximum absolute atomic E-state index is 12.3. The molecule has 0 aliphatic carbocycles. The largest absolute Gasteiger partial charge is 0.340 e. The molecule has 116 valence electrons. The molecule has 1 aromatic carbocycles. The van der Waals surface area contributed by atoms with Crippen molar-refractivity contribution < 1.29 is 4.79 Å². The molecule has 1 saturated heterocycles. The number of amides is 1. The third-order valence-corrected chi connectivity index (χ3v) is 4.14. The summed E-state index contributed by atoms with van der Waals surface area (Å²) in [5.41, 5.74) is 1.18. The smallest absolute Gasteiger partial charge is 0.236 e. The standard InChI is InChI=1S/C17H27N3O/c1-18-11-16-9-6-10-20(13-16)14-17(21)19(2)12-15-7-4-3-5-8-15/h3-5,7-8,16,18H,6,9-14H2,1-2H3. The molecular weight excluding hydrogens is 262 g/mol. The van der Waals surface area contributed by atoms with Gasteiger partial charge >= 0.3 is 0 Å². The Balaban J connectivity index is 1.80. The van der Waals surface area contributed by atoms with Crippen LogP contribution in [-0.2, 0) is 11.3 Å². The molecule has 0 bridgehead atoms. The molecule has 0 saturated carbocycles. The van der Waals surface area contributed by atoms with Crippen LogP contribution in [0.15, 0.2) is 30.3 Å². The highest BCUT2D eigenvalue weighted by Gasteiger charge is 2.22. The van der Waals surface area contributed by atoms with E-state index < -0.39 is 0 Å². The molecule has 0 aromatic heterocycles. The minimum absolute atomic E-state index is 0.212. The molecular formula is C17H27N3O. The summed E-state index contributed by atoms with van der Waals surface area (Å²) in [6.07, 6.45) is 2.47. The average Bonchev–Trinajstić information content (AvgIpc) is 2.49. The van der Waals surface area contributed by atoms with Crippen molar-refractivity contribution in [3.63, 3.8) is 0 Å². The number of carbonyl (C=O) groups is 1. The van der Waals surface area contributed by atoms with Crippen LogP contribution in [0, 0.1) is 5.92 Å². The van der Waals surface area contributed by atoms with Crippen molar-refractivity contribution in [2.24, 2.45) is 5.92 Å². The summed E-state index contributed by atoms with van der Waals surface area (Å²) in [5.74, 6) is 0.889. The Bertz CT molecular complexity index is 433. The minimum atomic E-state index is 0.212. The molecule has 0 spiro atoms. The van der Waals surface area contributed by atoms with E-state index in [1.54, 1.807) is 0 Å². The summed E-state index contributed by atoms with van der Waals surface area (Å²) in [5, 5.41) is 3.24. The number of hydrogen-bond acceptors (Lipinski definition) is 3. The van der Waals surface area contributed by atoms with Gasteiger partial charge in [0.15, 0.2) is 0 Å². The van der Waals surface area contributed by atoms with Crippen LogP contribution >= 0.6 is 0 Å². The van der Waals surface area contributed by atoms with Gasteiger partial charge in [0.1, 0.15) is 0 Å². The summed E-state index contributed by atoms with van der Waals surface area (Å²) in [6, 6.07) is 10.2. The second-order valence-electron chi connectivity index (χ2n) is 6.04. The fourth-order valence-corrected chi connectivity index (χ4v) is 3.01. The number of nitrogens with one attached hydrogen (secondary N) is 1. The highest BCUT2D eigenvalue weighted by atomic mass is 16.2. The third-order valence-electron chi connectivity index (χ3n) is 4.14. The Labute approximate surface area is 128 Å². The lowest BCUT2D eigenvalue weighted by Gasteiger charge is -2.33. The lowest BCUT2D eigenvalue weighted by atomic mass is 9.98. The van der Waals surface area contributed by atoms with E-state index >= 15 is 0 Å². The first kappa shape index (κ1) is 16.0. The number of hydrogen-bond donors (Lipinski definition) is 1. The Morgan fingerprint density at radius 2 is 2.14 bits per heavy atom. The van der Waals surface area contributed by atoms with E-state index in [0.29, 0.717) is 19.0 Å². The minimum Gasteiger partial charge on any atom is -0.340 e. The van der Waals surface area contributed by atoms with Crippen LogP contribution in [0.1, 0.15) is 18.4 Å². The van der Waals surface area contributed by atoms with E-state index in [-0.39, 0.29) is 5.91 Å². The van der Waals surface area contributed by atoms with Gasteiger partial charge in [-0.2, -0.15) is 0 Å². The van der Waals surface area contributed by atoms with Crippen molar-refractivity contribution in [3.8, 4) is 0 Å². The summed E-state index contributed by atoms with van der Waals surface area (Å²) in [7, 11) is 3.89. The summed E-state index contributed by atoms with van der Waals surface area (Å²) in [6.45, 7) is 4.36. The molecule has 1 fully saturated rings. The van der Waals surface area contributed by atoms with Crippen LogP contribution in [0.25, 0.3) is 0 Å². The Morgan fingerprint density at radius 1 is 1.38 bits per heavy atom. The van der Waals surface area contributed by atoms with Gasteiger partial charge in [0.25, 0.3) is 0 Å². The van der Waals surface area contributed by atoms with Crippen LogP contribution in [0.4, 0.5) is 0 Å². The second-order valence-corrected chi connectivity index (χ2v) is 6.04. The average molecular weight is 289 g/mol. The lowest BCUT2D eigenvalue weighted by Crippen LogP contribution is -2.44. The number of benzene rings is 1. The van der Waals surface area contributed by atoms with Crippen molar-refractivity contribution in [1.29, 1.82) is 0 Å². The summed E-state index contributed by atoms with van der Waals surface area (Å²) in [4.78, 5) is 16.5. The van der Waals surface area contributed by atoms with Gasteiger partial charge in [-0.05, 0) is 44.5 Å². The molecule has 0 radical (unpaired) electrons. The van der Waals surface area contributed by atoms with Crippen molar-refractivity contribution in [1.82, 2.24) is 15.1 Å². The topological polar surface area (TPSA) is 35.6 Å². The van der Waals surface area contributed by atoms with E-state index in [1.165, 1.54) is 18.4 Å². The molecule has 1 aliphatic heterocycles. The number of carbonyl (C=O) groups excluding carboxylic acids is 1. The van der Waals surface area contributed by atoms with Crippen molar-refractivity contribution in [2.45, 2.75) is 19.4 Å². The molecule has 1 amide bonds. The molecule has 4 nitrogen and oxygen atoms in total. The second kappa shape index (κ2) is 8.15. The first-order chi connectivity index (χ1) is 10.2. The molecule has 1 aliphatic rings. The first-order valence-electron chi connectivity index (χ1n) is 7.84. The fraction of sp³-hybridized carbons (Fsp3) is 0.588. The molecule has 1 aromatic rings. The van der Waals surface area contributed by atoms with Crippen LogP contribution in [-0.4, -0.2) is 56.0 Å². The molecule has 4 heteroatoms. The first-order valence-corrected chi connectivity index (χ1v) is 7.84. The lowest BCUT2D eigenvalue weighted by molar-refractivity contribution is -0.132. The van der Waals surface area contributed by atoms with Crippen molar-refractivity contribution in [3.05, 3.63) is 35.9 Å². The number of likely N-dealkylation sites (tertiary alicyclic amines) is 1. The van der Waals surface area contributed by atoms with E-state index in [9.17, 15) is 4.79 Å². The number of rotatable bonds is 6. The van der Waals surface area contributed by atoms with Gasteiger partial charge in [0.2, 0.25) is 5.91 Å². The van der Waals surface area contributed by atoms with E-state index in [2.05, 4.69) is 22.3 Å². The number of piperidine rings is 1. The van der Waals surface area contributed by atoms with Gasteiger partial charge in [0, 0.05) is 20.1 Å². The fourth-order valence-electron chi connectivity index (χ4n) is 3.01. The van der Waals surface area contributed by atoms with Gasteiger partial charge in [-0.25, -0.2) is 0 Å². The van der Waals surface area contributed by atoms with Gasteiger partial charge in [0.05, 0.1) is 6.54 Å². The molecule has 1 atom stereocenters. The molecule has 1 unspecified atom stereocenters. The highest BCUT2D eigenvalue weighted by Crippen LogP contribution is 2.15. The predicted molar refractivity (Wildman–Crippen MR) is 86.0 cm³/mol. The van der Waals surface area contributed by atoms with Crippen LogP contribution in [0.5, 0.6) is 0 Å². The van der Waals surface area contributed by atoms with Crippen molar-refractivity contribution in [2.75, 3.05) is 40.3 Å². The number of likely N-dealkylation sites (N-methyl/N-ethyl adjacent to an activating group) is 1. The zero-order valence-electron chi connectivity index (χ0n) is 13.2. The quantitative estimate of drug-likeness (QED) is 0.863. The van der Waals surface area contributed by atoms with Crippen LogP contribution in [0.3, 0.4) is 0 Å². The molecule has 21 heavy (non-hydrogen) atoms. The number of nitrogens with zero attached hydrogens (tertiary/aromatic N) is 2. The Hall–Kier alpha value is -1.39. The summed E-state index contributed by atoms with van der Waals surface area (Å²) < 4.78 is 0. The van der Waals surface area contributed by atoms with Gasteiger partial charge in [-0.1, -0.05) is 30.3 Å². The SMILES string of the molecule is CNCC1CCCN(CC(=O)N(C)Cc2ccccc2)C1. The van der Waals surface area contributed by atoms with Gasteiger partial charge in [-0.15, -0.1) is 0 Å². The Kier molecular flexibility index (Phi) is 6.21. The molecule has 1 N–H and O–H groups in total. The van der Waals surface area contributed by atoms with Gasteiger partial charge < -0.3 is 10.2 Å². The predicted octanol–water partition coefficient (Wildman–Crippen LogP) is 1.58. The van der Waals surface area contributed by atoms with E-state index in [4.69, 9.17) is 0 Å². The van der Waals surface area contributed by atoms with E-state index in [1.807, 2.05) is 37.2 Å². The van der Waals surface area contributed by atoms with Crippen LogP contribution in [0.2, 0.25) is 0 Å². The highest BCUT2D eigenvalue weighted by molar-refractivity contribution is 5.78. The molecule has 2 rings (SSSR count). The van der Waals surface area contributed by atoms with E-state index in [0.717, 1.165) is 19.6 Å².